The first-order valence-electron chi connectivity index (χ1n) is 9.52. The third kappa shape index (κ3) is 4.23. The number of ether oxygens (including phenoxy) is 2. The lowest BCUT2D eigenvalue weighted by atomic mass is 9.75. The molecule has 8 heteroatoms. The van der Waals surface area contributed by atoms with E-state index in [0.29, 0.717) is 44.7 Å². The van der Waals surface area contributed by atoms with Crippen LogP contribution in [0.4, 0.5) is 9.59 Å². The van der Waals surface area contributed by atoms with Crippen molar-refractivity contribution in [3.05, 3.63) is 0 Å². The number of carbonyl (C=O) groups is 2. The third-order valence-electron chi connectivity index (χ3n) is 5.77. The quantitative estimate of drug-likeness (QED) is 0.735. The SMILES string of the molecule is CC1CN(CCN2CC3(CC(N(C)C)C3)OC2=O)CCOC(=O)N(C)C1. The lowest BCUT2D eigenvalue weighted by Gasteiger charge is -2.45. The minimum absolute atomic E-state index is 0.189. The zero-order valence-corrected chi connectivity index (χ0v) is 16.4. The van der Waals surface area contributed by atoms with E-state index in [1.54, 1.807) is 11.9 Å². The van der Waals surface area contributed by atoms with Gasteiger partial charge in [0.2, 0.25) is 0 Å². The Bertz CT molecular complexity index is 535. The molecule has 2 heterocycles. The first-order chi connectivity index (χ1) is 12.3. The van der Waals surface area contributed by atoms with Crippen molar-refractivity contribution in [3.8, 4) is 0 Å². The molecule has 0 aromatic heterocycles. The first kappa shape index (κ1) is 19.2. The molecule has 0 aromatic rings. The van der Waals surface area contributed by atoms with Crippen molar-refractivity contribution in [2.45, 2.75) is 31.4 Å². The fraction of sp³-hybridized carbons (Fsp3) is 0.889. The van der Waals surface area contributed by atoms with Gasteiger partial charge in [0.05, 0.1) is 6.54 Å². The fourth-order valence-corrected chi connectivity index (χ4v) is 4.21. The maximum Gasteiger partial charge on any atom is 0.410 e. The van der Waals surface area contributed by atoms with E-state index >= 15 is 0 Å². The molecule has 2 saturated heterocycles. The summed E-state index contributed by atoms with van der Waals surface area (Å²) in [5.74, 6) is 0.356. The summed E-state index contributed by atoms with van der Waals surface area (Å²) >= 11 is 0. The van der Waals surface area contributed by atoms with Crippen LogP contribution in [0.5, 0.6) is 0 Å². The smallest absolute Gasteiger partial charge is 0.410 e. The van der Waals surface area contributed by atoms with Crippen LogP contribution in [0.1, 0.15) is 19.8 Å². The molecule has 2 aliphatic heterocycles. The molecule has 26 heavy (non-hydrogen) atoms. The lowest BCUT2D eigenvalue weighted by Crippen LogP contribution is -2.55. The number of hydrogen-bond acceptors (Lipinski definition) is 6. The Labute approximate surface area is 156 Å². The summed E-state index contributed by atoms with van der Waals surface area (Å²) in [6, 6.07) is 0.508. The van der Waals surface area contributed by atoms with Crippen molar-refractivity contribution < 1.29 is 19.1 Å². The zero-order chi connectivity index (χ0) is 18.9. The second kappa shape index (κ2) is 7.60. The van der Waals surface area contributed by atoms with Gasteiger partial charge in [-0.3, -0.25) is 4.90 Å². The molecule has 0 bridgehead atoms. The van der Waals surface area contributed by atoms with Crippen molar-refractivity contribution in [1.29, 1.82) is 0 Å². The third-order valence-corrected chi connectivity index (χ3v) is 5.77. The maximum atomic E-state index is 12.3. The van der Waals surface area contributed by atoms with Crippen molar-refractivity contribution in [1.82, 2.24) is 19.6 Å². The molecule has 1 saturated carbocycles. The van der Waals surface area contributed by atoms with Gasteiger partial charge >= 0.3 is 12.2 Å². The highest BCUT2D eigenvalue weighted by Gasteiger charge is 2.54. The predicted octanol–water partition coefficient (Wildman–Crippen LogP) is 0.922. The van der Waals surface area contributed by atoms with Gasteiger partial charge in [0.25, 0.3) is 0 Å². The summed E-state index contributed by atoms with van der Waals surface area (Å²) in [5, 5.41) is 0. The number of carbonyl (C=O) groups excluding carboxylic acids is 2. The molecule has 1 spiro atoms. The Morgan fingerprint density at radius 3 is 2.58 bits per heavy atom. The first-order valence-corrected chi connectivity index (χ1v) is 9.52. The molecule has 1 unspecified atom stereocenters. The van der Waals surface area contributed by atoms with Gasteiger partial charge in [0.15, 0.2) is 0 Å². The van der Waals surface area contributed by atoms with Crippen LogP contribution in [-0.4, -0.2) is 110 Å². The van der Waals surface area contributed by atoms with Crippen LogP contribution < -0.4 is 0 Å². The summed E-state index contributed by atoms with van der Waals surface area (Å²) in [7, 11) is 5.91. The molecule has 0 radical (unpaired) electrons. The van der Waals surface area contributed by atoms with Gasteiger partial charge in [-0.1, -0.05) is 6.92 Å². The number of hydrogen-bond donors (Lipinski definition) is 0. The van der Waals surface area contributed by atoms with E-state index < -0.39 is 0 Å². The summed E-state index contributed by atoms with van der Waals surface area (Å²) < 4.78 is 11.0. The van der Waals surface area contributed by atoms with Crippen LogP contribution in [0.3, 0.4) is 0 Å². The molecule has 3 fully saturated rings. The Hall–Kier alpha value is -1.54. The van der Waals surface area contributed by atoms with Gasteiger partial charge in [0, 0.05) is 58.7 Å². The van der Waals surface area contributed by atoms with E-state index in [4.69, 9.17) is 9.47 Å². The van der Waals surface area contributed by atoms with E-state index in [0.717, 1.165) is 25.9 Å². The molecule has 0 aromatic carbocycles. The van der Waals surface area contributed by atoms with Crippen LogP contribution in [0.25, 0.3) is 0 Å². The van der Waals surface area contributed by atoms with Gasteiger partial charge in [-0.15, -0.1) is 0 Å². The topological polar surface area (TPSA) is 65.6 Å². The Morgan fingerprint density at radius 1 is 1.15 bits per heavy atom. The molecule has 3 aliphatic rings. The number of rotatable bonds is 4. The fourth-order valence-electron chi connectivity index (χ4n) is 4.21. The largest absolute Gasteiger partial charge is 0.448 e. The highest BCUT2D eigenvalue weighted by Crippen LogP contribution is 2.42. The van der Waals surface area contributed by atoms with Gasteiger partial charge in [-0.25, -0.2) is 9.59 Å². The highest BCUT2D eigenvalue weighted by atomic mass is 16.6. The second-order valence-electron chi connectivity index (χ2n) is 8.40. The number of amides is 2. The van der Waals surface area contributed by atoms with Crippen LogP contribution >= 0.6 is 0 Å². The molecule has 0 N–H and O–H groups in total. The van der Waals surface area contributed by atoms with Crippen LogP contribution in [0, 0.1) is 5.92 Å². The minimum Gasteiger partial charge on any atom is -0.448 e. The lowest BCUT2D eigenvalue weighted by molar-refractivity contribution is -0.0569. The van der Waals surface area contributed by atoms with Crippen LogP contribution in [-0.2, 0) is 9.47 Å². The average Bonchev–Trinajstić information content (AvgIpc) is 2.88. The van der Waals surface area contributed by atoms with E-state index in [1.165, 1.54) is 0 Å². The predicted molar refractivity (Wildman–Crippen MR) is 97.1 cm³/mol. The number of nitrogens with zero attached hydrogens (tertiary/aromatic N) is 4. The summed E-state index contributed by atoms with van der Waals surface area (Å²) in [6.07, 6.45) is 1.39. The van der Waals surface area contributed by atoms with Crippen LogP contribution in [0.2, 0.25) is 0 Å². The Balaban J connectivity index is 1.49. The van der Waals surface area contributed by atoms with E-state index in [9.17, 15) is 9.59 Å². The molecule has 8 nitrogen and oxygen atoms in total. The van der Waals surface area contributed by atoms with Crippen molar-refractivity contribution >= 4 is 12.2 Å². The molecule has 148 valence electrons. The molecule has 2 amide bonds. The Morgan fingerprint density at radius 2 is 1.88 bits per heavy atom. The van der Waals surface area contributed by atoms with Gasteiger partial charge in [-0.2, -0.15) is 0 Å². The van der Waals surface area contributed by atoms with Crippen molar-refractivity contribution in [3.63, 3.8) is 0 Å². The average molecular weight is 368 g/mol. The maximum absolute atomic E-state index is 12.3. The Kier molecular flexibility index (Phi) is 5.62. The minimum atomic E-state index is -0.273. The summed E-state index contributed by atoms with van der Waals surface area (Å²) in [6.45, 7) is 6.90. The molecule has 1 aliphatic carbocycles. The molecule has 1 atom stereocenters. The summed E-state index contributed by atoms with van der Waals surface area (Å²) in [4.78, 5) is 32.0. The van der Waals surface area contributed by atoms with Gasteiger partial charge < -0.3 is 24.2 Å². The van der Waals surface area contributed by atoms with Gasteiger partial charge in [-0.05, 0) is 20.0 Å². The van der Waals surface area contributed by atoms with E-state index in [2.05, 4.69) is 30.8 Å². The van der Waals surface area contributed by atoms with Gasteiger partial charge in [0.1, 0.15) is 12.2 Å². The van der Waals surface area contributed by atoms with Crippen molar-refractivity contribution in [2.75, 3.05) is 67.0 Å². The monoisotopic (exact) mass is 368 g/mol. The summed E-state index contributed by atoms with van der Waals surface area (Å²) in [5.41, 5.74) is -0.273. The molecular weight excluding hydrogens is 336 g/mol. The normalized spacial score (nSPS) is 33.6. The van der Waals surface area contributed by atoms with E-state index in [1.807, 2.05) is 4.90 Å². The molecule has 3 rings (SSSR count). The van der Waals surface area contributed by atoms with Crippen LogP contribution in [0.15, 0.2) is 0 Å². The highest BCUT2D eigenvalue weighted by molar-refractivity contribution is 5.71. The molecular formula is C18H32N4O4. The zero-order valence-electron chi connectivity index (χ0n) is 16.4. The second-order valence-corrected chi connectivity index (χ2v) is 8.40. The number of cyclic esters (lactones) is 1. The van der Waals surface area contributed by atoms with Crippen molar-refractivity contribution in [2.24, 2.45) is 5.92 Å². The van der Waals surface area contributed by atoms with E-state index in [-0.39, 0.29) is 17.8 Å². The standard InChI is InChI=1S/C18H32N4O4/c1-14-11-20(4)16(23)25-8-7-21(12-14)5-6-22-13-18(26-17(22)24)9-15(10-18)19(2)3/h14-15H,5-13H2,1-4H3.